The Morgan fingerprint density at radius 1 is 1.38 bits per heavy atom. The highest BCUT2D eigenvalue weighted by atomic mass is 16.1. The number of nitrogen functional groups attached to an aromatic ring is 1. The third-order valence-electron chi connectivity index (χ3n) is 2.97. The molecule has 0 saturated carbocycles. The lowest BCUT2D eigenvalue weighted by molar-refractivity contribution is 0.0938. The number of tetrazole rings is 1. The maximum absolute atomic E-state index is 12.3. The van der Waals surface area contributed by atoms with E-state index in [2.05, 4.69) is 30.9 Å². The Kier molecular flexibility index (Phi) is 3.88. The number of amides is 1. The number of nitrogens with zero attached hydrogens (tertiary/aromatic N) is 4. The summed E-state index contributed by atoms with van der Waals surface area (Å²) in [5.41, 5.74) is 6.82. The van der Waals surface area contributed by atoms with Gasteiger partial charge >= 0.3 is 0 Å². The number of nitrogens with one attached hydrogen (secondary N) is 2. The Bertz CT molecular complexity index is 630. The van der Waals surface area contributed by atoms with E-state index in [0.29, 0.717) is 17.2 Å². The zero-order valence-electron chi connectivity index (χ0n) is 12.5. The highest BCUT2D eigenvalue weighted by Crippen LogP contribution is 2.22. The van der Waals surface area contributed by atoms with Crippen LogP contribution in [-0.2, 0) is 5.41 Å². The SMILES string of the molecule is CC(NC(=O)c1cc(N)nc(C(C)(C)C)c1)c1nn[nH]n1. The van der Waals surface area contributed by atoms with Crippen LogP contribution < -0.4 is 11.1 Å². The lowest BCUT2D eigenvalue weighted by Crippen LogP contribution is -2.28. The smallest absolute Gasteiger partial charge is 0.252 e. The monoisotopic (exact) mass is 289 g/mol. The molecular weight excluding hydrogens is 270 g/mol. The van der Waals surface area contributed by atoms with Crippen molar-refractivity contribution in [1.82, 2.24) is 30.9 Å². The molecule has 0 radical (unpaired) electrons. The highest BCUT2D eigenvalue weighted by Gasteiger charge is 2.20. The molecule has 0 aromatic carbocycles. The summed E-state index contributed by atoms with van der Waals surface area (Å²) in [5, 5.41) is 16.3. The Labute approximate surface area is 122 Å². The van der Waals surface area contributed by atoms with Gasteiger partial charge in [0.1, 0.15) is 5.82 Å². The summed E-state index contributed by atoms with van der Waals surface area (Å²) in [6, 6.07) is 2.94. The number of rotatable bonds is 3. The number of pyridine rings is 1. The molecule has 2 heterocycles. The van der Waals surface area contributed by atoms with Crippen molar-refractivity contribution in [3.05, 3.63) is 29.2 Å². The van der Waals surface area contributed by atoms with Gasteiger partial charge in [0.25, 0.3) is 5.91 Å². The number of carbonyl (C=O) groups is 1. The van der Waals surface area contributed by atoms with Gasteiger partial charge in [0.2, 0.25) is 0 Å². The average Bonchev–Trinajstić information content (AvgIpc) is 2.90. The molecule has 8 heteroatoms. The summed E-state index contributed by atoms with van der Waals surface area (Å²) >= 11 is 0. The third kappa shape index (κ3) is 3.53. The normalized spacial score (nSPS) is 13.0. The maximum Gasteiger partial charge on any atom is 0.252 e. The summed E-state index contributed by atoms with van der Waals surface area (Å²) < 4.78 is 0. The zero-order chi connectivity index (χ0) is 15.6. The fourth-order valence-electron chi connectivity index (χ4n) is 1.76. The minimum atomic E-state index is -0.358. The largest absolute Gasteiger partial charge is 0.384 e. The van der Waals surface area contributed by atoms with Crippen LogP contribution in [0.1, 0.15) is 55.6 Å². The van der Waals surface area contributed by atoms with Gasteiger partial charge in [-0.15, -0.1) is 10.2 Å². The first kappa shape index (κ1) is 14.9. The fourth-order valence-corrected chi connectivity index (χ4v) is 1.76. The lowest BCUT2D eigenvalue weighted by Gasteiger charge is -2.19. The molecule has 0 aliphatic heterocycles. The second-order valence-electron chi connectivity index (χ2n) is 5.88. The second kappa shape index (κ2) is 5.47. The molecule has 0 fully saturated rings. The number of anilines is 1. The predicted molar refractivity (Wildman–Crippen MR) is 77.4 cm³/mol. The Hall–Kier alpha value is -2.51. The number of carbonyl (C=O) groups excluding carboxylic acids is 1. The van der Waals surface area contributed by atoms with E-state index in [0.717, 1.165) is 5.69 Å². The van der Waals surface area contributed by atoms with E-state index in [1.54, 1.807) is 19.1 Å². The van der Waals surface area contributed by atoms with Crippen LogP contribution in [0.25, 0.3) is 0 Å². The summed E-state index contributed by atoms with van der Waals surface area (Å²) in [4.78, 5) is 16.6. The van der Waals surface area contributed by atoms with Crippen LogP contribution in [0.2, 0.25) is 0 Å². The molecule has 2 aromatic rings. The molecule has 2 rings (SSSR count). The first-order valence-corrected chi connectivity index (χ1v) is 6.59. The van der Waals surface area contributed by atoms with Crippen LogP contribution in [-0.4, -0.2) is 31.5 Å². The lowest BCUT2D eigenvalue weighted by atomic mass is 9.90. The van der Waals surface area contributed by atoms with Crippen LogP contribution in [0.15, 0.2) is 12.1 Å². The van der Waals surface area contributed by atoms with E-state index in [-0.39, 0.29) is 17.4 Å². The van der Waals surface area contributed by atoms with Crippen molar-refractivity contribution in [3.63, 3.8) is 0 Å². The van der Waals surface area contributed by atoms with Crippen molar-refractivity contribution >= 4 is 11.7 Å². The molecule has 1 unspecified atom stereocenters. The Morgan fingerprint density at radius 2 is 2.10 bits per heavy atom. The van der Waals surface area contributed by atoms with Crippen molar-refractivity contribution in [3.8, 4) is 0 Å². The molecule has 0 spiro atoms. The first-order valence-electron chi connectivity index (χ1n) is 6.59. The average molecular weight is 289 g/mol. The highest BCUT2D eigenvalue weighted by molar-refractivity contribution is 5.95. The van der Waals surface area contributed by atoms with Crippen LogP contribution in [0.4, 0.5) is 5.82 Å². The molecule has 0 bridgehead atoms. The molecule has 0 saturated heterocycles. The molecule has 0 aliphatic carbocycles. The van der Waals surface area contributed by atoms with Crippen molar-refractivity contribution in [2.24, 2.45) is 0 Å². The number of hydrogen-bond donors (Lipinski definition) is 3. The van der Waals surface area contributed by atoms with Gasteiger partial charge in [0, 0.05) is 16.7 Å². The standard InChI is InChI=1S/C13H19N7O/c1-7(11-17-19-20-18-11)15-12(21)8-5-9(13(2,3)4)16-10(14)6-8/h5-7H,1-4H3,(H2,14,16)(H,15,21)(H,17,18,19,20). The van der Waals surface area contributed by atoms with Gasteiger partial charge in [-0.05, 0) is 19.1 Å². The molecule has 8 nitrogen and oxygen atoms in total. The summed E-state index contributed by atoms with van der Waals surface area (Å²) in [6.07, 6.45) is 0. The van der Waals surface area contributed by atoms with Crippen molar-refractivity contribution in [1.29, 1.82) is 0 Å². The number of nitrogens with two attached hydrogens (primary N) is 1. The van der Waals surface area contributed by atoms with Crippen molar-refractivity contribution < 1.29 is 4.79 Å². The zero-order valence-corrected chi connectivity index (χ0v) is 12.5. The van der Waals surface area contributed by atoms with Crippen molar-refractivity contribution in [2.45, 2.75) is 39.2 Å². The molecule has 1 atom stereocenters. The van der Waals surface area contributed by atoms with Gasteiger partial charge in [0.05, 0.1) is 6.04 Å². The minimum absolute atomic E-state index is 0.191. The number of hydrogen-bond acceptors (Lipinski definition) is 6. The van der Waals surface area contributed by atoms with Crippen LogP contribution in [0.5, 0.6) is 0 Å². The van der Waals surface area contributed by atoms with Gasteiger partial charge in [-0.3, -0.25) is 4.79 Å². The van der Waals surface area contributed by atoms with Crippen molar-refractivity contribution in [2.75, 3.05) is 5.73 Å². The minimum Gasteiger partial charge on any atom is -0.384 e. The van der Waals surface area contributed by atoms with Gasteiger partial charge < -0.3 is 11.1 Å². The number of H-pyrrole nitrogens is 1. The van der Waals surface area contributed by atoms with Crippen LogP contribution in [0.3, 0.4) is 0 Å². The third-order valence-corrected chi connectivity index (χ3v) is 2.97. The maximum atomic E-state index is 12.3. The fraction of sp³-hybridized carbons (Fsp3) is 0.462. The van der Waals surface area contributed by atoms with E-state index < -0.39 is 0 Å². The summed E-state index contributed by atoms with van der Waals surface area (Å²) in [7, 11) is 0. The Morgan fingerprint density at radius 3 is 2.67 bits per heavy atom. The number of aromatic amines is 1. The van der Waals surface area contributed by atoms with Gasteiger partial charge in [-0.1, -0.05) is 26.0 Å². The van der Waals surface area contributed by atoms with Gasteiger partial charge in [-0.25, -0.2) is 4.98 Å². The number of aromatic nitrogens is 5. The Balaban J connectivity index is 2.21. The second-order valence-corrected chi connectivity index (χ2v) is 5.88. The molecule has 1 amide bonds. The topological polar surface area (TPSA) is 122 Å². The first-order chi connectivity index (χ1) is 9.77. The van der Waals surface area contributed by atoms with Gasteiger partial charge in [-0.2, -0.15) is 5.21 Å². The van der Waals surface area contributed by atoms with Gasteiger partial charge in [0.15, 0.2) is 5.82 Å². The van der Waals surface area contributed by atoms with E-state index in [9.17, 15) is 4.79 Å². The molecular formula is C13H19N7O. The summed E-state index contributed by atoms with van der Waals surface area (Å²) in [5.74, 6) is 0.480. The molecule has 0 aliphatic rings. The van der Waals surface area contributed by atoms with E-state index in [1.165, 1.54) is 0 Å². The molecule has 112 valence electrons. The summed E-state index contributed by atoms with van der Waals surface area (Å²) in [6.45, 7) is 7.81. The van der Waals surface area contributed by atoms with E-state index in [4.69, 9.17) is 5.73 Å². The molecule has 21 heavy (non-hydrogen) atoms. The van der Waals surface area contributed by atoms with E-state index >= 15 is 0 Å². The predicted octanol–water partition coefficient (Wildman–Crippen LogP) is 0.965. The van der Waals surface area contributed by atoms with Crippen LogP contribution in [0, 0.1) is 0 Å². The molecule has 2 aromatic heterocycles. The quantitative estimate of drug-likeness (QED) is 0.773. The van der Waals surface area contributed by atoms with Crippen LogP contribution >= 0.6 is 0 Å². The molecule has 4 N–H and O–H groups in total. The van der Waals surface area contributed by atoms with E-state index in [1.807, 2.05) is 20.8 Å².